The number of aromatic hydroxyl groups is 2. The second-order valence-corrected chi connectivity index (χ2v) is 8.78. The van der Waals surface area contributed by atoms with Crippen molar-refractivity contribution >= 4 is 46.4 Å². The molecule has 138 valence electrons. The van der Waals surface area contributed by atoms with Gasteiger partial charge in [-0.3, -0.25) is 9.59 Å². The van der Waals surface area contributed by atoms with E-state index in [-0.39, 0.29) is 34.6 Å². The van der Waals surface area contributed by atoms with Crippen LogP contribution < -0.4 is 0 Å². The highest BCUT2D eigenvalue weighted by Crippen LogP contribution is 2.30. The van der Waals surface area contributed by atoms with E-state index in [0.717, 1.165) is 0 Å². The lowest BCUT2D eigenvalue weighted by Crippen LogP contribution is -2.01. The second kappa shape index (κ2) is 9.03. The molecule has 0 unspecified atom stereocenters. The van der Waals surface area contributed by atoms with Crippen LogP contribution in [0.2, 0.25) is 0 Å². The molecule has 3 aromatic rings. The van der Waals surface area contributed by atoms with Crippen molar-refractivity contribution < 1.29 is 19.8 Å². The zero-order valence-corrected chi connectivity index (χ0v) is 16.3. The van der Waals surface area contributed by atoms with Gasteiger partial charge in [0, 0.05) is 11.1 Å². The molecule has 0 atom stereocenters. The standard InChI is InChI=1S/C18H14N2O4S3/c21-13-5-1-3-11(7-13)15(23)9-25-17-19-20-18(27-17)26-10-16(24)12-4-2-6-14(22)8-12/h1-8,21-22H,9-10H2. The van der Waals surface area contributed by atoms with Gasteiger partial charge in [-0.25, -0.2) is 0 Å². The van der Waals surface area contributed by atoms with E-state index in [1.807, 2.05) is 0 Å². The maximum atomic E-state index is 12.1. The van der Waals surface area contributed by atoms with E-state index in [0.29, 0.717) is 19.8 Å². The fourth-order valence-corrected chi connectivity index (χ4v) is 4.90. The van der Waals surface area contributed by atoms with Crippen LogP contribution in [0.15, 0.2) is 57.2 Å². The number of ketones is 2. The van der Waals surface area contributed by atoms with E-state index in [2.05, 4.69) is 10.2 Å². The van der Waals surface area contributed by atoms with Gasteiger partial charge in [-0.1, -0.05) is 59.1 Å². The van der Waals surface area contributed by atoms with E-state index in [4.69, 9.17) is 0 Å². The molecule has 2 N–H and O–H groups in total. The smallest absolute Gasteiger partial charge is 0.175 e. The molecular weight excluding hydrogens is 404 g/mol. The van der Waals surface area contributed by atoms with E-state index >= 15 is 0 Å². The van der Waals surface area contributed by atoms with Crippen molar-refractivity contribution in [3.63, 3.8) is 0 Å². The lowest BCUT2D eigenvalue weighted by atomic mass is 10.1. The number of carbonyl (C=O) groups excluding carboxylic acids is 2. The number of thioether (sulfide) groups is 2. The molecule has 6 nitrogen and oxygen atoms in total. The number of rotatable bonds is 8. The summed E-state index contributed by atoms with van der Waals surface area (Å²) in [5.41, 5.74) is 0.886. The molecule has 0 saturated carbocycles. The molecule has 0 amide bonds. The topological polar surface area (TPSA) is 100 Å². The van der Waals surface area contributed by atoms with Gasteiger partial charge in [0.2, 0.25) is 0 Å². The molecule has 0 bridgehead atoms. The number of hydrogen-bond acceptors (Lipinski definition) is 9. The second-order valence-electron chi connectivity index (χ2n) is 5.36. The maximum absolute atomic E-state index is 12.1. The first-order valence-corrected chi connectivity index (χ1v) is 10.5. The number of benzene rings is 2. The molecule has 9 heteroatoms. The third-order valence-corrected chi connectivity index (χ3v) is 6.57. The van der Waals surface area contributed by atoms with E-state index < -0.39 is 0 Å². The average Bonchev–Trinajstić information content (AvgIpc) is 3.12. The van der Waals surface area contributed by atoms with Crippen LogP contribution >= 0.6 is 34.9 Å². The van der Waals surface area contributed by atoms with E-state index in [9.17, 15) is 19.8 Å². The number of carbonyl (C=O) groups is 2. The molecule has 0 aliphatic rings. The third-order valence-electron chi connectivity index (χ3n) is 3.38. The van der Waals surface area contributed by atoms with Crippen LogP contribution in [0, 0.1) is 0 Å². The number of nitrogens with zero attached hydrogens (tertiary/aromatic N) is 2. The molecule has 0 radical (unpaired) electrons. The van der Waals surface area contributed by atoms with Gasteiger partial charge in [-0.2, -0.15) is 0 Å². The summed E-state index contributed by atoms with van der Waals surface area (Å²) < 4.78 is 1.27. The molecule has 2 aromatic carbocycles. The quantitative estimate of drug-likeness (QED) is 0.420. The van der Waals surface area contributed by atoms with Crippen molar-refractivity contribution in [3.8, 4) is 11.5 Å². The molecule has 0 saturated heterocycles. The van der Waals surface area contributed by atoms with Crippen molar-refractivity contribution in [2.24, 2.45) is 0 Å². The molecule has 1 heterocycles. The number of hydrogen-bond donors (Lipinski definition) is 2. The molecule has 1 aromatic heterocycles. The highest BCUT2D eigenvalue weighted by atomic mass is 32.2. The summed E-state index contributed by atoms with van der Waals surface area (Å²) in [6.07, 6.45) is 0. The van der Waals surface area contributed by atoms with Crippen LogP contribution in [-0.4, -0.2) is 43.5 Å². The Morgan fingerprint density at radius 1 is 0.815 bits per heavy atom. The summed E-state index contributed by atoms with van der Waals surface area (Å²) in [4.78, 5) is 24.3. The van der Waals surface area contributed by atoms with Crippen LogP contribution in [-0.2, 0) is 0 Å². The van der Waals surface area contributed by atoms with Crippen LogP contribution in [0.25, 0.3) is 0 Å². The Hall–Kier alpha value is -2.36. The number of aromatic nitrogens is 2. The van der Waals surface area contributed by atoms with E-state index in [1.165, 1.54) is 59.1 Å². The molecule has 0 aliphatic carbocycles. The summed E-state index contributed by atoms with van der Waals surface area (Å²) in [5.74, 6) is 0.253. The Kier molecular flexibility index (Phi) is 6.49. The largest absolute Gasteiger partial charge is 0.508 e. The predicted molar refractivity (Wildman–Crippen MR) is 106 cm³/mol. The van der Waals surface area contributed by atoms with Crippen LogP contribution in [0.4, 0.5) is 0 Å². The van der Waals surface area contributed by atoms with E-state index in [1.54, 1.807) is 24.3 Å². The highest BCUT2D eigenvalue weighted by molar-refractivity contribution is 8.03. The molecule has 3 rings (SSSR count). The molecule has 0 spiro atoms. The SMILES string of the molecule is O=C(CSc1nnc(SCC(=O)c2cccc(O)c2)s1)c1cccc(O)c1. The summed E-state index contributed by atoms with van der Waals surface area (Å²) in [6.45, 7) is 0. The third kappa shape index (κ3) is 5.56. The minimum absolute atomic E-state index is 0.0526. The summed E-state index contributed by atoms with van der Waals surface area (Å²) in [5, 5.41) is 26.9. The molecular formula is C18H14N2O4S3. The Labute approximate surface area is 167 Å². The van der Waals surface area contributed by atoms with Crippen molar-refractivity contribution in [2.45, 2.75) is 8.68 Å². The van der Waals surface area contributed by atoms with Crippen molar-refractivity contribution in [2.75, 3.05) is 11.5 Å². The van der Waals surface area contributed by atoms with Crippen molar-refractivity contribution in [1.82, 2.24) is 10.2 Å². The zero-order valence-electron chi connectivity index (χ0n) is 13.9. The number of phenolic OH excluding ortho intramolecular Hbond substituents is 2. The molecule has 0 fully saturated rings. The molecule has 0 aliphatic heterocycles. The van der Waals surface area contributed by atoms with Gasteiger partial charge in [0.25, 0.3) is 0 Å². The Morgan fingerprint density at radius 2 is 1.26 bits per heavy atom. The first-order valence-electron chi connectivity index (χ1n) is 7.75. The van der Waals surface area contributed by atoms with Crippen LogP contribution in [0.1, 0.15) is 20.7 Å². The Morgan fingerprint density at radius 3 is 1.67 bits per heavy atom. The average molecular weight is 419 g/mol. The first-order chi connectivity index (χ1) is 13.0. The summed E-state index contributed by atoms with van der Waals surface area (Å²) in [6, 6.07) is 12.4. The molecule has 27 heavy (non-hydrogen) atoms. The minimum Gasteiger partial charge on any atom is -0.508 e. The number of Topliss-reactive ketones (excluding diaryl/α,β-unsaturated/α-hetero) is 2. The van der Waals surface area contributed by atoms with Gasteiger partial charge >= 0.3 is 0 Å². The van der Waals surface area contributed by atoms with Crippen LogP contribution in [0.3, 0.4) is 0 Å². The van der Waals surface area contributed by atoms with Gasteiger partial charge in [0.1, 0.15) is 11.5 Å². The van der Waals surface area contributed by atoms with Crippen molar-refractivity contribution in [3.05, 3.63) is 59.7 Å². The fourth-order valence-electron chi connectivity index (χ4n) is 2.09. The first kappa shape index (κ1) is 19.4. The van der Waals surface area contributed by atoms with Crippen LogP contribution in [0.5, 0.6) is 11.5 Å². The maximum Gasteiger partial charge on any atom is 0.175 e. The van der Waals surface area contributed by atoms with Gasteiger partial charge in [0.05, 0.1) is 11.5 Å². The normalized spacial score (nSPS) is 10.7. The lowest BCUT2D eigenvalue weighted by molar-refractivity contribution is 0.101. The van der Waals surface area contributed by atoms with Gasteiger partial charge in [-0.05, 0) is 24.3 Å². The Bertz CT molecular complexity index is 899. The monoisotopic (exact) mass is 418 g/mol. The zero-order chi connectivity index (χ0) is 19.2. The van der Waals surface area contributed by atoms with Gasteiger partial charge in [0.15, 0.2) is 20.2 Å². The summed E-state index contributed by atoms with van der Waals surface area (Å²) in [7, 11) is 0. The predicted octanol–water partition coefficient (Wildman–Crippen LogP) is 3.90. The fraction of sp³-hybridized carbons (Fsp3) is 0.111. The number of phenols is 2. The Balaban J connectivity index is 1.51. The highest BCUT2D eigenvalue weighted by Gasteiger charge is 2.13. The van der Waals surface area contributed by atoms with Gasteiger partial charge in [-0.15, -0.1) is 10.2 Å². The summed E-state index contributed by atoms with van der Waals surface area (Å²) >= 11 is 3.84. The van der Waals surface area contributed by atoms with Crippen molar-refractivity contribution in [1.29, 1.82) is 0 Å². The minimum atomic E-state index is -0.112. The van der Waals surface area contributed by atoms with Gasteiger partial charge < -0.3 is 10.2 Å². The lowest BCUT2D eigenvalue weighted by Gasteiger charge is -2.00.